The van der Waals surface area contributed by atoms with Crippen LogP contribution in [0.3, 0.4) is 0 Å². The van der Waals surface area contributed by atoms with Gasteiger partial charge >= 0.3 is 11.4 Å². The number of nitro groups is 1. The summed E-state index contributed by atoms with van der Waals surface area (Å²) >= 11 is 0. The molecular weight excluding hydrogens is 204 g/mol. The highest BCUT2D eigenvalue weighted by Gasteiger charge is 2.15. The van der Waals surface area contributed by atoms with E-state index in [1.54, 1.807) is 0 Å². The van der Waals surface area contributed by atoms with Gasteiger partial charge in [-0.1, -0.05) is 12.1 Å². The highest BCUT2D eigenvalue weighted by atomic mass is 16.7. The molecule has 0 spiro atoms. The van der Waals surface area contributed by atoms with Crippen molar-refractivity contribution in [1.82, 2.24) is 4.68 Å². The second-order valence-electron chi connectivity index (χ2n) is 2.72. The fraction of sp³-hybridized carbons (Fsp3) is 0. The van der Waals surface area contributed by atoms with Crippen LogP contribution in [0.5, 0.6) is 0 Å². The van der Waals surface area contributed by atoms with Crippen LogP contribution >= 0.6 is 0 Å². The number of fused-ring (bicyclic) bond motifs is 1. The standard InChI is InChI=1S/C8H4N2O5/c11-7-5-3-1-2-4-6(5)9(10(13)14)8(12)15-7/h1-4H. The summed E-state index contributed by atoms with van der Waals surface area (Å²) in [5, 5.41) is 9.61. The summed E-state index contributed by atoms with van der Waals surface area (Å²) in [5.74, 6) is -1.30. The number of benzene rings is 1. The Balaban J connectivity index is 3.10. The van der Waals surface area contributed by atoms with Crippen molar-refractivity contribution >= 4 is 10.9 Å². The molecule has 1 aromatic carbocycles. The van der Waals surface area contributed by atoms with Gasteiger partial charge in [-0.3, -0.25) is 0 Å². The summed E-state index contributed by atoms with van der Waals surface area (Å²) in [6.07, 6.45) is 0. The van der Waals surface area contributed by atoms with Crippen LogP contribution in [0.25, 0.3) is 10.9 Å². The van der Waals surface area contributed by atoms with Gasteiger partial charge < -0.3 is 4.42 Å². The minimum Gasteiger partial charge on any atom is -0.368 e. The third-order valence-corrected chi connectivity index (χ3v) is 1.87. The second-order valence-corrected chi connectivity index (χ2v) is 2.72. The molecule has 0 aliphatic heterocycles. The van der Waals surface area contributed by atoms with Crippen LogP contribution in [0.4, 0.5) is 0 Å². The molecule has 0 aliphatic carbocycles. The number of rotatable bonds is 1. The van der Waals surface area contributed by atoms with Crippen molar-refractivity contribution < 1.29 is 9.45 Å². The monoisotopic (exact) mass is 208 g/mol. The van der Waals surface area contributed by atoms with Gasteiger partial charge in [0.25, 0.3) is 0 Å². The lowest BCUT2D eigenvalue weighted by Gasteiger charge is -1.97. The van der Waals surface area contributed by atoms with E-state index < -0.39 is 16.4 Å². The van der Waals surface area contributed by atoms with Gasteiger partial charge in [-0.15, -0.1) is 0 Å². The van der Waals surface area contributed by atoms with Crippen LogP contribution in [-0.4, -0.2) is 9.71 Å². The van der Waals surface area contributed by atoms with Crippen molar-refractivity contribution in [2.45, 2.75) is 0 Å². The first-order valence-electron chi connectivity index (χ1n) is 3.91. The van der Waals surface area contributed by atoms with E-state index in [1.807, 2.05) is 0 Å². The maximum Gasteiger partial charge on any atom is 0.481 e. The zero-order chi connectivity index (χ0) is 11.0. The maximum atomic E-state index is 11.2. The Labute approximate surface area is 81.3 Å². The first-order chi connectivity index (χ1) is 7.11. The predicted octanol–water partition coefficient (Wildman–Crippen LogP) is -0.00550. The molecule has 0 amide bonds. The molecule has 0 N–H and O–H groups in total. The molecule has 0 atom stereocenters. The minimum absolute atomic E-state index is 0.00574. The number of hydrogen-bond donors (Lipinski definition) is 0. The van der Waals surface area contributed by atoms with E-state index in [1.165, 1.54) is 24.3 Å². The van der Waals surface area contributed by atoms with Crippen LogP contribution in [0.15, 0.2) is 38.3 Å². The summed E-state index contributed by atoms with van der Waals surface area (Å²) in [4.78, 5) is 32.8. The molecule has 7 heteroatoms. The van der Waals surface area contributed by atoms with Gasteiger partial charge in [-0.2, -0.15) is 0 Å². The van der Waals surface area contributed by atoms with Gasteiger partial charge in [0.2, 0.25) is 0 Å². The second kappa shape index (κ2) is 3.05. The van der Waals surface area contributed by atoms with Crippen molar-refractivity contribution in [3.8, 4) is 0 Å². The smallest absolute Gasteiger partial charge is 0.368 e. The van der Waals surface area contributed by atoms with E-state index in [9.17, 15) is 19.7 Å². The van der Waals surface area contributed by atoms with E-state index in [2.05, 4.69) is 4.42 Å². The summed E-state index contributed by atoms with van der Waals surface area (Å²) in [7, 11) is 0. The van der Waals surface area contributed by atoms with Gasteiger partial charge in [-0.25, -0.2) is 19.7 Å². The van der Waals surface area contributed by atoms with Crippen LogP contribution in [0.2, 0.25) is 0 Å². The molecule has 1 aromatic heterocycles. The molecule has 0 aliphatic rings. The number of nitrogens with zero attached hydrogens (tertiary/aromatic N) is 2. The topological polar surface area (TPSA) is 95.3 Å². The van der Waals surface area contributed by atoms with Crippen molar-refractivity contribution in [3.05, 3.63) is 55.4 Å². The van der Waals surface area contributed by atoms with Gasteiger partial charge in [0.1, 0.15) is 5.52 Å². The number of aromatic nitrogens is 1. The summed E-state index contributed by atoms with van der Waals surface area (Å²) in [6.45, 7) is 0. The Hall–Kier alpha value is -2.44. The normalized spacial score (nSPS) is 10.4. The Bertz CT molecular complexity index is 654. The quantitative estimate of drug-likeness (QED) is 0.485. The fourth-order valence-corrected chi connectivity index (χ4v) is 1.26. The molecule has 15 heavy (non-hydrogen) atoms. The first-order valence-corrected chi connectivity index (χ1v) is 3.91. The highest BCUT2D eigenvalue weighted by Crippen LogP contribution is 2.06. The lowest BCUT2D eigenvalue weighted by atomic mass is 10.2. The SMILES string of the molecule is O=c1oc(=O)n([N+](=O)[O-])c2ccccc12. The number of hydrogen-bond acceptors (Lipinski definition) is 5. The van der Waals surface area contributed by atoms with Gasteiger partial charge in [-0.05, 0) is 12.1 Å². The van der Waals surface area contributed by atoms with Gasteiger partial charge in [0, 0.05) is 4.68 Å². The first kappa shape index (κ1) is 9.13. The molecule has 7 nitrogen and oxygen atoms in total. The molecule has 0 unspecified atom stereocenters. The van der Waals surface area contributed by atoms with E-state index >= 15 is 0 Å². The Morgan fingerprint density at radius 2 is 1.93 bits per heavy atom. The van der Waals surface area contributed by atoms with E-state index in [-0.39, 0.29) is 15.6 Å². The van der Waals surface area contributed by atoms with Crippen LogP contribution < -0.4 is 11.4 Å². The molecule has 1 heterocycles. The molecule has 2 aromatic rings. The van der Waals surface area contributed by atoms with Crippen LogP contribution in [0.1, 0.15) is 0 Å². The molecule has 0 bridgehead atoms. The van der Waals surface area contributed by atoms with Gasteiger partial charge in [0.05, 0.1) is 5.39 Å². The maximum absolute atomic E-state index is 11.2. The van der Waals surface area contributed by atoms with Gasteiger partial charge in [0.15, 0.2) is 5.03 Å². The Kier molecular flexibility index (Phi) is 1.86. The average Bonchev–Trinajstić information content (AvgIpc) is 2.17. The Morgan fingerprint density at radius 1 is 1.27 bits per heavy atom. The molecule has 0 fully saturated rings. The minimum atomic E-state index is -1.30. The summed E-state index contributed by atoms with van der Waals surface area (Å²) < 4.78 is 4.38. The summed E-state index contributed by atoms with van der Waals surface area (Å²) in [5.41, 5.74) is -0.961. The van der Waals surface area contributed by atoms with E-state index in [4.69, 9.17) is 0 Å². The lowest BCUT2D eigenvalue weighted by Crippen LogP contribution is -2.29. The van der Waals surface area contributed by atoms with Crippen molar-refractivity contribution in [2.24, 2.45) is 0 Å². The van der Waals surface area contributed by atoms with Crippen molar-refractivity contribution in [2.75, 3.05) is 0 Å². The molecule has 76 valence electrons. The summed E-state index contributed by atoms with van der Waals surface area (Å²) in [6, 6.07) is 5.66. The zero-order valence-electron chi connectivity index (χ0n) is 7.25. The molecule has 0 radical (unpaired) electrons. The number of para-hydroxylation sites is 1. The lowest BCUT2D eigenvalue weighted by molar-refractivity contribution is -0.543. The molecular formula is C8H4N2O5. The van der Waals surface area contributed by atoms with Crippen molar-refractivity contribution in [3.63, 3.8) is 0 Å². The van der Waals surface area contributed by atoms with Crippen LogP contribution in [0, 0.1) is 10.1 Å². The highest BCUT2D eigenvalue weighted by molar-refractivity contribution is 5.76. The Morgan fingerprint density at radius 3 is 2.60 bits per heavy atom. The third-order valence-electron chi connectivity index (χ3n) is 1.87. The fourth-order valence-electron chi connectivity index (χ4n) is 1.26. The van der Waals surface area contributed by atoms with E-state index in [0.717, 1.165) is 0 Å². The third kappa shape index (κ3) is 1.30. The zero-order valence-corrected chi connectivity index (χ0v) is 7.25. The van der Waals surface area contributed by atoms with Crippen LogP contribution in [-0.2, 0) is 0 Å². The largest absolute Gasteiger partial charge is 0.481 e. The molecule has 0 saturated carbocycles. The van der Waals surface area contributed by atoms with Crippen molar-refractivity contribution in [1.29, 1.82) is 0 Å². The van der Waals surface area contributed by atoms with E-state index in [0.29, 0.717) is 0 Å². The molecule has 2 rings (SSSR count). The predicted molar refractivity (Wildman–Crippen MR) is 49.1 cm³/mol. The average molecular weight is 208 g/mol. The molecule has 0 saturated heterocycles.